The Kier molecular flexibility index (Phi) is 8.68. The summed E-state index contributed by atoms with van der Waals surface area (Å²) in [5, 5.41) is 0.578. The van der Waals surface area contributed by atoms with Gasteiger partial charge in [0, 0.05) is 43.9 Å². The Hall–Kier alpha value is -2.73. The van der Waals surface area contributed by atoms with Crippen molar-refractivity contribution >= 4 is 42.6 Å². The number of benzene rings is 2. The van der Waals surface area contributed by atoms with Crippen molar-refractivity contribution in [3.05, 3.63) is 42.0 Å². The average molecular weight is 547 g/mol. The third kappa shape index (κ3) is 5.74. The maximum Gasteiger partial charge on any atom is 0.260 e. The molecule has 2 aromatic carbocycles. The first-order valence-electron chi connectivity index (χ1n) is 12.7. The van der Waals surface area contributed by atoms with Crippen LogP contribution in [0.5, 0.6) is 11.5 Å². The van der Waals surface area contributed by atoms with Gasteiger partial charge in [0.1, 0.15) is 13.2 Å². The second-order valence-corrected chi connectivity index (χ2v) is 11.5. The van der Waals surface area contributed by atoms with Gasteiger partial charge in [-0.15, -0.1) is 0 Å². The Morgan fingerprint density at radius 2 is 1.54 bits per heavy atom. The van der Waals surface area contributed by atoms with E-state index >= 15 is 0 Å². The number of amides is 1. The minimum Gasteiger partial charge on any atom is -0.486 e. The van der Waals surface area contributed by atoms with Crippen molar-refractivity contribution < 1.29 is 22.7 Å². The first-order chi connectivity index (χ1) is 17.8. The van der Waals surface area contributed by atoms with E-state index in [1.165, 1.54) is 27.8 Å². The highest BCUT2D eigenvalue weighted by Gasteiger charge is 2.25. The zero-order valence-corrected chi connectivity index (χ0v) is 23.4. The Balaban J connectivity index is 1.66. The van der Waals surface area contributed by atoms with Gasteiger partial charge in [-0.1, -0.05) is 39.0 Å². The van der Waals surface area contributed by atoms with Crippen molar-refractivity contribution in [3.63, 3.8) is 0 Å². The summed E-state index contributed by atoms with van der Waals surface area (Å²) in [5.74, 6) is 1.11. The van der Waals surface area contributed by atoms with Gasteiger partial charge in [-0.25, -0.2) is 13.4 Å². The fraction of sp³-hybridized carbons (Fsp3) is 0.462. The van der Waals surface area contributed by atoms with Crippen LogP contribution in [0.25, 0.3) is 10.2 Å². The summed E-state index contributed by atoms with van der Waals surface area (Å²) in [7, 11) is -3.60. The number of carbonyl (C=O) groups excluding carboxylic acids is 1. The van der Waals surface area contributed by atoms with E-state index in [1.54, 1.807) is 30.9 Å². The van der Waals surface area contributed by atoms with E-state index < -0.39 is 10.0 Å². The minimum atomic E-state index is -3.60. The zero-order valence-electron chi connectivity index (χ0n) is 21.8. The number of carbonyl (C=O) groups is 1. The first-order valence-corrected chi connectivity index (χ1v) is 14.9. The molecule has 4 rings (SSSR count). The molecule has 0 spiro atoms. The molecule has 2 heterocycles. The number of hydrogen-bond acceptors (Lipinski definition) is 8. The second-order valence-electron chi connectivity index (χ2n) is 8.56. The Bertz CT molecular complexity index is 1290. The maximum absolute atomic E-state index is 13.7. The van der Waals surface area contributed by atoms with Crippen LogP contribution in [-0.2, 0) is 10.0 Å². The van der Waals surface area contributed by atoms with Gasteiger partial charge in [-0.05, 0) is 37.4 Å². The number of fused-ring (bicyclic) bond motifs is 2. The van der Waals surface area contributed by atoms with Crippen LogP contribution in [0, 0.1) is 0 Å². The van der Waals surface area contributed by atoms with Crippen LogP contribution in [-0.4, -0.2) is 81.0 Å². The normalized spacial score (nSPS) is 13.5. The summed E-state index contributed by atoms with van der Waals surface area (Å²) in [6, 6.07) is 9.93. The standard InChI is InChI=1S/C26H34N4O5S2/c1-5-28(6-2)13-14-30(26-27-21-17-22-23(18-24(21)36-26)35-16-15-34-22)25(31)19-9-11-20(12-10-19)37(32,33)29(7-3)8-4/h9-12,17-18H,5-8,13-16H2,1-4H3. The van der Waals surface area contributed by atoms with Gasteiger partial charge >= 0.3 is 0 Å². The molecule has 0 aliphatic carbocycles. The summed E-state index contributed by atoms with van der Waals surface area (Å²) in [5.41, 5.74) is 1.15. The van der Waals surface area contributed by atoms with Crippen molar-refractivity contribution in [1.29, 1.82) is 0 Å². The zero-order chi connectivity index (χ0) is 26.6. The Labute approximate surface area is 222 Å². The molecule has 0 unspecified atom stereocenters. The highest BCUT2D eigenvalue weighted by molar-refractivity contribution is 7.89. The van der Waals surface area contributed by atoms with Crippen LogP contribution in [0.2, 0.25) is 0 Å². The summed E-state index contributed by atoms with van der Waals surface area (Å²) < 4.78 is 39.5. The van der Waals surface area contributed by atoms with E-state index in [2.05, 4.69) is 18.7 Å². The number of rotatable bonds is 11. The molecule has 9 nitrogen and oxygen atoms in total. The number of sulfonamides is 1. The van der Waals surface area contributed by atoms with Gasteiger partial charge in [-0.2, -0.15) is 4.31 Å². The van der Waals surface area contributed by atoms with Gasteiger partial charge < -0.3 is 14.4 Å². The molecule has 1 aromatic heterocycles. The summed E-state index contributed by atoms with van der Waals surface area (Å²) in [4.78, 5) is 22.6. The number of hydrogen-bond donors (Lipinski definition) is 0. The first kappa shape index (κ1) is 27.3. The van der Waals surface area contributed by atoms with Gasteiger partial charge in [0.2, 0.25) is 10.0 Å². The molecular formula is C26H34N4O5S2. The van der Waals surface area contributed by atoms with Crippen molar-refractivity contribution in [1.82, 2.24) is 14.2 Å². The average Bonchev–Trinajstić information content (AvgIpc) is 3.32. The molecule has 3 aromatic rings. The lowest BCUT2D eigenvalue weighted by molar-refractivity contribution is 0.0983. The van der Waals surface area contributed by atoms with Crippen molar-refractivity contribution in [2.24, 2.45) is 0 Å². The molecule has 0 fully saturated rings. The number of anilines is 1. The molecule has 0 saturated heterocycles. The fourth-order valence-electron chi connectivity index (χ4n) is 4.27. The predicted molar refractivity (Wildman–Crippen MR) is 147 cm³/mol. The molecule has 0 atom stereocenters. The van der Waals surface area contributed by atoms with E-state index in [4.69, 9.17) is 14.5 Å². The number of ether oxygens (including phenoxy) is 2. The topological polar surface area (TPSA) is 92.3 Å². The molecule has 37 heavy (non-hydrogen) atoms. The third-order valence-electron chi connectivity index (χ3n) is 6.50. The van der Waals surface area contributed by atoms with Gasteiger partial charge in [0.25, 0.3) is 5.91 Å². The molecular weight excluding hydrogens is 512 g/mol. The molecule has 1 amide bonds. The third-order valence-corrected chi connectivity index (χ3v) is 9.60. The van der Waals surface area contributed by atoms with Crippen LogP contribution in [0.1, 0.15) is 38.1 Å². The summed E-state index contributed by atoms with van der Waals surface area (Å²) >= 11 is 1.42. The monoisotopic (exact) mass is 546 g/mol. The quantitative estimate of drug-likeness (QED) is 0.358. The van der Waals surface area contributed by atoms with Gasteiger partial charge in [0.15, 0.2) is 16.6 Å². The lowest BCUT2D eigenvalue weighted by atomic mass is 10.2. The summed E-state index contributed by atoms with van der Waals surface area (Å²) in [6.07, 6.45) is 0. The van der Waals surface area contributed by atoms with Crippen molar-refractivity contribution in [2.75, 3.05) is 57.4 Å². The Morgan fingerprint density at radius 1 is 0.919 bits per heavy atom. The molecule has 0 bridgehead atoms. The van der Waals surface area contributed by atoms with Crippen LogP contribution < -0.4 is 14.4 Å². The van der Waals surface area contributed by atoms with E-state index in [0.717, 1.165) is 23.3 Å². The van der Waals surface area contributed by atoms with Gasteiger partial charge in [0.05, 0.1) is 15.1 Å². The van der Waals surface area contributed by atoms with E-state index in [0.29, 0.717) is 61.6 Å². The highest BCUT2D eigenvalue weighted by atomic mass is 32.2. The van der Waals surface area contributed by atoms with Crippen LogP contribution in [0.4, 0.5) is 5.13 Å². The lowest BCUT2D eigenvalue weighted by Crippen LogP contribution is -2.39. The number of thiazole rings is 1. The number of nitrogens with zero attached hydrogens (tertiary/aromatic N) is 4. The predicted octanol–water partition coefficient (Wildman–Crippen LogP) is 4.09. The molecule has 1 aliphatic heterocycles. The van der Waals surface area contributed by atoms with Crippen molar-refractivity contribution in [2.45, 2.75) is 32.6 Å². The van der Waals surface area contributed by atoms with Crippen LogP contribution in [0.15, 0.2) is 41.3 Å². The minimum absolute atomic E-state index is 0.174. The summed E-state index contributed by atoms with van der Waals surface area (Å²) in [6.45, 7) is 12.4. The number of likely N-dealkylation sites (N-methyl/N-ethyl adjacent to an activating group) is 1. The van der Waals surface area contributed by atoms with E-state index in [-0.39, 0.29) is 10.8 Å². The highest BCUT2D eigenvalue weighted by Crippen LogP contribution is 2.39. The maximum atomic E-state index is 13.7. The molecule has 0 N–H and O–H groups in total. The van der Waals surface area contributed by atoms with E-state index in [9.17, 15) is 13.2 Å². The van der Waals surface area contributed by atoms with Crippen molar-refractivity contribution in [3.8, 4) is 11.5 Å². The second kappa shape index (κ2) is 11.8. The molecule has 200 valence electrons. The van der Waals surface area contributed by atoms with Gasteiger partial charge in [-0.3, -0.25) is 9.69 Å². The Morgan fingerprint density at radius 3 is 2.14 bits per heavy atom. The molecule has 1 aliphatic rings. The SMILES string of the molecule is CCN(CC)CCN(C(=O)c1ccc(S(=O)(=O)N(CC)CC)cc1)c1nc2cc3c(cc2s1)OCCO3. The molecule has 11 heteroatoms. The fourth-order valence-corrected chi connectivity index (χ4v) is 6.73. The smallest absolute Gasteiger partial charge is 0.260 e. The van der Waals surface area contributed by atoms with E-state index in [1.807, 2.05) is 12.1 Å². The van der Waals surface area contributed by atoms with Crippen LogP contribution >= 0.6 is 11.3 Å². The van der Waals surface area contributed by atoms with Crippen LogP contribution in [0.3, 0.4) is 0 Å². The molecule has 0 radical (unpaired) electrons. The largest absolute Gasteiger partial charge is 0.486 e. The lowest BCUT2D eigenvalue weighted by Gasteiger charge is -2.25. The molecule has 0 saturated carbocycles. The number of aromatic nitrogens is 1.